The Hall–Kier alpha value is -4.91. The summed E-state index contributed by atoms with van der Waals surface area (Å²) in [6, 6.07) is 31.9. The maximum Gasteiger partial charge on any atom is 0.335 e. The molecule has 5 aromatic rings. The maximum atomic E-state index is 11.0. The summed E-state index contributed by atoms with van der Waals surface area (Å²) in [6.45, 7) is 1.18. The number of aromatic nitrogens is 2. The van der Waals surface area contributed by atoms with Gasteiger partial charge in [-0.1, -0.05) is 42.5 Å². The van der Waals surface area contributed by atoms with Crippen molar-refractivity contribution in [1.82, 2.24) is 10.2 Å². The normalized spacial score (nSPS) is 10.7. The molecular weight excluding hydrogens is 468 g/mol. The molecule has 0 saturated heterocycles. The molecule has 0 radical (unpaired) electrons. The fraction of sp³-hybridized carbons (Fsp3) is 0.100. The number of ether oxygens (including phenoxy) is 2. The fourth-order valence-electron chi connectivity index (χ4n) is 3.72. The lowest BCUT2D eigenvalue weighted by atomic mass is 10.0. The lowest BCUT2D eigenvalue weighted by molar-refractivity contribution is 0.0697. The molecule has 7 heteroatoms. The summed E-state index contributed by atoms with van der Waals surface area (Å²) in [5.41, 5.74) is 3.77. The van der Waals surface area contributed by atoms with Crippen LogP contribution in [-0.2, 0) is 0 Å². The minimum absolute atomic E-state index is 0.201. The zero-order valence-electron chi connectivity index (χ0n) is 19.9. The smallest absolute Gasteiger partial charge is 0.335 e. The predicted octanol–water partition coefficient (Wildman–Crippen LogP) is 6.62. The minimum atomic E-state index is -0.982. The molecule has 184 valence electrons. The SMILES string of the molecule is O=C(O)c1ccc(-c2nnc(-c3ccc(-c4ccc(OCCCOc5ccccc5)cc4)cc3)o2)cc1. The number of carboxylic acid groups (broad SMARTS) is 1. The van der Waals surface area contributed by atoms with Gasteiger partial charge in [0.15, 0.2) is 0 Å². The van der Waals surface area contributed by atoms with Gasteiger partial charge in [0.1, 0.15) is 11.5 Å². The number of hydrogen-bond acceptors (Lipinski definition) is 6. The van der Waals surface area contributed by atoms with Crippen molar-refractivity contribution in [2.45, 2.75) is 6.42 Å². The van der Waals surface area contributed by atoms with E-state index in [-0.39, 0.29) is 5.56 Å². The molecule has 0 aliphatic carbocycles. The molecular formula is C30H24N2O5. The van der Waals surface area contributed by atoms with Crippen molar-refractivity contribution >= 4 is 5.97 Å². The fourth-order valence-corrected chi connectivity index (χ4v) is 3.72. The standard InChI is InChI=1S/C30H24N2O5/c33-30(34)25-13-11-24(12-14-25)29-32-31-28(37-29)23-9-7-21(8-10-23)22-15-17-27(18-16-22)36-20-4-19-35-26-5-2-1-3-6-26/h1-3,5-18H,4,19-20H2,(H,33,34). The van der Waals surface area contributed by atoms with Gasteiger partial charge in [-0.15, -0.1) is 10.2 Å². The maximum absolute atomic E-state index is 11.0. The third-order valence-electron chi connectivity index (χ3n) is 5.69. The molecule has 0 unspecified atom stereocenters. The van der Waals surface area contributed by atoms with E-state index < -0.39 is 5.97 Å². The van der Waals surface area contributed by atoms with Crippen LogP contribution in [0.4, 0.5) is 0 Å². The van der Waals surface area contributed by atoms with E-state index in [9.17, 15) is 4.79 Å². The van der Waals surface area contributed by atoms with Crippen LogP contribution in [0.3, 0.4) is 0 Å². The van der Waals surface area contributed by atoms with Gasteiger partial charge in [-0.3, -0.25) is 0 Å². The number of carbonyl (C=O) groups is 1. The van der Waals surface area contributed by atoms with Crippen molar-refractivity contribution in [3.05, 3.63) is 109 Å². The van der Waals surface area contributed by atoms with E-state index in [1.807, 2.05) is 78.9 Å². The van der Waals surface area contributed by atoms with Crippen molar-refractivity contribution in [2.24, 2.45) is 0 Å². The quantitative estimate of drug-likeness (QED) is 0.219. The Kier molecular flexibility index (Phi) is 7.22. The van der Waals surface area contributed by atoms with Crippen molar-refractivity contribution in [3.63, 3.8) is 0 Å². The second-order valence-electron chi connectivity index (χ2n) is 8.26. The van der Waals surface area contributed by atoms with Crippen LogP contribution < -0.4 is 9.47 Å². The molecule has 0 amide bonds. The monoisotopic (exact) mass is 492 g/mol. The summed E-state index contributed by atoms with van der Waals surface area (Å²) >= 11 is 0. The molecule has 0 atom stereocenters. The molecule has 0 fully saturated rings. The first-order valence-corrected chi connectivity index (χ1v) is 11.8. The van der Waals surface area contributed by atoms with E-state index in [1.165, 1.54) is 12.1 Å². The highest BCUT2D eigenvalue weighted by Crippen LogP contribution is 2.28. The largest absolute Gasteiger partial charge is 0.493 e. The lowest BCUT2D eigenvalue weighted by Crippen LogP contribution is -2.04. The van der Waals surface area contributed by atoms with E-state index >= 15 is 0 Å². The summed E-state index contributed by atoms with van der Waals surface area (Å²) in [5, 5.41) is 17.3. The first-order chi connectivity index (χ1) is 18.2. The molecule has 7 nitrogen and oxygen atoms in total. The highest BCUT2D eigenvalue weighted by molar-refractivity contribution is 5.88. The number of hydrogen-bond donors (Lipinski definition) is 1. The molecule has 0 spiro atoms. The molecule has 0 aliphatic heterocycles. The van der Waals surface area contributed by atoms with Gasteiger partial charge in [0.2, 0.25) is 11.8 Å². The Morgan fingerprint density at radius 2 is 1.08 bits per heavy atom. The zero-order valence-corrected chi connectivity index (χ0v) is 19.9. The van der Waals surface area contributed by atoms with Gasteiger partial charge in [-0.2, -0.15) is 0 Å². The topological polar surface area (TPSA) is 94.7 Å². The van der Waals surface area contributed by atoms with Crippen molar-refractivity contribution in [2.75, 3.05) is 13.2 Å². The summed E-state index contributed by atoms with van der Waals surface area (Å²) in [4.78, 5) is 11.0. The summed E-state index contributed by atoms with van der Waals surface area (Å²) in [7, 11) is 0. The van der Waals surface area contributed by atoms with Crippen LogP contribution in [0, 0.1) is 0 Å². The number of nitrogens with zero attached hydrogens (tertiary/aromatic N) is 2. The number of benzene rings is 4. The Bertz CT molecular complexity index is 1450. The van der Waals surface area contributed by atoms with Crippen molar-refractivity contribution in [1.29, 1.82) is 0 Å². The van der Waals surface area contributed by atoms with E-state index in [2.05, 4.69) is 10.2 Å². The molecule has 0 saturated carbocycles. The van der Waals surface area contributed by atoms with Crippen LogP contribution in [0.5, 0.6) is 11.5 Å². The Morgan fingerprint density at radius 3 is 1.62 bits per heavy atom. The first-order valence-electron chi connectivity index (χ1n) is 11.8. The van der Waals surface area contributed by atoms with Gasteiger partial charge >= 0.3 is 5.97 Å². The van der Waals surface area contributed by atoms with Crippen LogP contribution in [0.1, 0.15) is 16.8 Å². The highest BCUT2D eigenvalue weighted by Gasteiger charge is 2.12. The Labute approximate surface area is 214 Å². The summed E-state index contributed by atoms with van der Waals surface area (Å²) < 4.78 is 17.3. The number of carboxylic acids is 1. The van der Waals surface area contributed by atoms with Crippen molar-refractivity contribution < 1.29 is 23.8 Å². The number of aromatic carboxylic acids is 1. The highest BCUT2D eigenvalue weighted by atomic mass is 16.5. The van der Waals surface area contributed by atoms with Gasteiger partial charge < -0.3 is 19.0 Å². The van der Waals surface area contributed by atoms with E-state index in [0.29, 0.717) is 30.6 Å². The molecule has 0 aliphatic rings. The van der Waals surface area contributed by atoms with Crippen LogP contribution in [-0.4, -0.2) is 34.5 Å². The molecule has 5 rings (SSSR count). The van der Waals surface area contributed by atoms with Gasteiger partial charge in [0.25, 0.3) is 0 Å². The van der Waals surface area contributed by atoms with Gasteiger partial charge in [0, 0.05) is 17.5 Å². The van der Waals surface area contributed by atoms with Crippen LogP contribution in [0.2, 0.25) is 0 Å². The third-order valence-corrected chi connectivity index (χ3v) is 5.69. The van der Waals surface area contributed by atoms with Crippen LogP contribution in [0.15, 0.2) is 108 Å². The summed E-state index contributed by atoms with van der Waals surface area (Å²) in [6.07, 6.45) is 0.795. The van der Waals surface area contributed by atoms with Crippen LogP contribution >= 0.6 is 0 Å². The minimum Gasteiger partial charge on any atom is -0.493 e. The molecule has 37 heavy (non-hydrogen) atoms. The zero-order chi connectivity index (χ0) is 25.5. The Morgan fingerprint density at radius 1 is 0.622 bits per heavy atom. The second kappa shape index (κ2) is 11.2. The van der Waals surface area contributed by atoms with Crippen LogP contribution in [0.25, 0.3) is 34.0 Å². The van der Waals surface area contributed by atoms with E-state index in [1.54, 1.807) is 12.1 Å². The third kappa shape index (κ3) is 6.02. The molecule has 1 heterocycles. The summed E-state index contributed by atoms with van der Waals surface area (Å²) in [5.74, 6) is 1.42. The van der Waals surface area contributed by atoms with Gasteiger partial charge in [0.05, 0.1) is 18.8 Å². The molecule has 1 N–H and O–H groups in total. The molecule has 1 aromatic heterocycles. The van der Waals surface area contributed by atoms with Gasteiger partial charge in [-0.25, -0.2) is 4.79 Å². The first kappa shape index (κ1) is 23.8. The van der Waals surface area contributed by atoms with E-state index in [4.69, 9.17) is 19.0 Å². The van der Waals surface area contributed by atoms with Crippen molar-refractivity contribution in [3.8, 4) is 45.5 Å². The Balaban J connectivity index is 1.15. The molecule has 0 bridgehead atoms. The van der Waals surface area contributed by atoms with E-state index in [0.717, 1.165) is 34.6 Å². The van der Waals surface area contributed by atoms with Gasteiger partial charge in [-0.05, 0) is 71.8 Å². The predicted molar refractivity (Wildman–Crippen MR) is 140 cm³/mol. The number of para-hydroxylation sites is 1. The second-order valence-corrected chi connectivity index (χ2v) is 8.26. The average Bonchev–Trinajstić information content (AvgIpc) is 3.44. The lowest BCUT2D eigenvalue weighted by Gasteiger charge is -2.09. The average molecular weight is 493 g/mol. The number of rotatable bonds is 10. The molecule has 4 aromatic carbocycles.